The van der Waals surface area contributed by atoms with Crippen molar-refractivity contribution in [3.05, 3.63) is 42.2 Å². The highest BCUT2D eigenvalue weighted by Crippen LogP contribution is 2.24. The number of aromatic nitrogens is 3. The van der Waals surface area contributed by atoms with E-state index in [9.17, 15) is 14.0 Å². The number of carbonyl (C=O) groups excluding carboxylic acids is 1. The minimum Gasteiger partial charge on any atom is -0.481 e. The molecule has 1 fully saturated rings. The Kier molecular flexibility index (Phi) is 5.06. The zero-order chi connectivity index (χ0) is 17.8. The summed E-state index contributed by atoms with van der Waals surface area (Å²) >= 11 is 0. The van der Waals surface area contributed by atoms with Gasteiger partial charge in [0.15, 0.2) is 0 Å². The largest absolute Gasteiger partial charge is 0.481 e. The highest BCUT2D eigenvalue weighted by atomic mass is 19.1. The van der Waals surface area contributed by atoms with Crippen LogP contribution in [0.2, 0.25) is 0 Å². The first-order chi connectivity index (χ1) is 12.1. The summed E-state index contributed by atoms with van der Waals surface area (Å²) in [6, 6.07) is 4.14. The Morgan fingerprint density at radius 2 is 2.16 bits per heavy atom. The van der Waals surface area contributed by atoms with Gasteiger partial charge in [-0.2, -0.15) is 5.10 Å². The van der Waals surface area contributed by atoms with Crippen LogP contribution in [0.3, 0.4) is 0 Å². The van der Waals surface area contributed by atoms with Crippen molar-refractivity contribution in [1.29, 1.82) is 0 Å². The number of nitrogens with zero attached hydrogens (tertiary/aromatic N) is 4. The van der Waals surface area contributed by atoms with Crippen LogP contribution in [0.25, 0.3) is 5.69 Å². The maximum atomic E-state index is 14.4. The lowest BCUT2D eigenvalue weighted by Gasteiger charge is -2.35. The first kappa shape index (κ1) is 17.1. The van der Waals surface area contributed by atoms with Gasteiger partial charge in [0.05, 0.1) is 0 Å². The molecule has 0 spiro atoms. The summed E-state index contributed by atoms with van der Waals surface area (Å²) in [6.07, 6.45) is 5.74. The van der Waals surface area contributed by atoms with Crippen molar-refractivity contribution in [3.63, 3.8) is 0 Å². The molecule has 1 aliphatic heterocycles. The molecule has 0 unspecified atom stereocenters. The highest BCUT2D eigenvalue weighted by molar-refractivity contribution is 5.94. The van der Waals surface area contributed by atoms with Crippen molar-refractivity contribution in [2.24, 2.45) is 0 Å². The van der Waals surface area contributed by atoms with Crippen LogP contribution in [-0.2, 0) is 4.79 Å². The molecule has 0 aliphatic carbocycles. The Morgan fingerprint density at radius 1 is 1.32 bits per heavy atom. The molecule has 3 rings (SSSR count). The Labute approximate surface area is 144 Å². The first-order valence-electron chi connectivity index (χ1n) is 8.23. The zero-order valence-electron chi connectivity index (χ0n) is 13.6. The number of halogens is 1. The molecule has 0 radical (unpaired) electrons. The summed E-state index contributed by atoms with van der Waals surface area (Å²) in [7, 11) is 0. The Morgan fingerprint density at radius 3 is 2.84 bits per heavy atom. The van der Waals surface area contributed by atoms with Gasteiger partial charge < -0.3 is 10.0 Å². The van der Waals surface area contributed by atoms with Gasteiger partial charge in [0, 0.05) is 24.6 Å². The number of hydrogen-bond donors (Lipinski definition) is 1. The second-order valence-corrected chi connectivity index (χ2v) is 6.09. The van der Waals surface area contributed by atoms with Gasteiger partial charge in [-0.3, -0.25) is 9.59 Å². The number of benzene rings is 1. The summed E-state index contributed by atoms with van der Waals surface area (Å²) < 4.78 is 15.6. The van der Waals surface area contributed by atoms with E-state index >= 15 is 0 Å². The standard InChI is InChI=1S/C17H19FN4O3/c18-14-9-12(4-6-15(14)22-11-19-10-20-22)17(25)21-8-2-1-3-13(21)5-7-16(23)24/h4,6,9-11,13H,1-3,5,7-8H2,(H,23,24)/t13-/m1/s1. The van der Waals surface area contributed by atoms with E-state index in [2.05, 4.69) is 10.1 Å². The summed E-state index contributed by atoms with van der Waals surface area (Å²) in [5.41, 5.74) is 0.471. The van der Waals surface area contributed by atoms with Crippen molar-refractivity contribution in [2.45, 2.75) is 38.1 Å². The number of carboxylic acid groups (broad SMARTS) is 1. The fraction of sp³-hybridized carbons (Fsp3) is 0.412. The molecular formula is C17H19FN4O3. The van der Waals surface area contributed by atoms with Gasteiger partial charge in [-0.25, -0.2) is 14.1 Å². The van der Waals surface area contributed by atoms with Gasteiger partial charge in [-0.1, -0.05) is 0 Å². The summed E-state index contributed by atoms with van der Waals surface area (Å²) in [4.78, 5) is 29.1. The maximum Gasteiger partial charge on any atom is 0.303 e. The molecule has 0 bridgehead atoms. The third kappa shape index (κ3) is 3.84. The van der Waals surface area contributed by atoms with Crippen molar-refractivity contribution in [3.8, 4) is 5.69 Å². The van der Waals surface area contributed by atoms with Crippen LogP contribution in [0.15, 0.2) is 30.9 Å². The number of rotatable bonds is 5. The van der Waals surface area contributed by atoms with Crippen LogP contribution in [-0.4, -0.2) is 49.2 Å². The lowest BCUT2D eigenvalue weighted by Crippen LogP contribution is -2.44. The molecule has 2 aromatic rings. The highest BCUT2D eigenvalue weighted by Gasteiger charge is 2.28. The number of carboxylic acids is 1. The van der Waals surface area contributed by atoms with E-state index in [4.69, 9.17) is 5.11 Å². The van der Waals surface area contributed by atoms with Gasteiger partial charge in [0.25, 0.3) is 5.91 Å². The molecule has 25 heavy (non-hydrogen) atoms. The molecule has 1 aromatic carbocycles. The first-order valence-corrected chi connectivity index (χ1v) is 8.23. The second-order valence-electron chi connectivity index (χ2n) is 6.09. The minimum absolute atomic E-state index is 0.0219. The van der Waals surface area contributed by atoms with Gasteiger partial charge >= 0.3 is 5.97 Å². The number of aliphatic carboxylic acids is 1. The van der Waals surface area contributed by atoms with E-state index < -0.39 is 11.8 Å². The molecule has 1 saturated heterocycles. The van der Waals surface area contributed by atoms with E-state index in [1.807, 2.05) is 0 Å². The van der Waals surface area contributed by atoms with E-state index in [1.54, 1.807) is 11.0 Å². The fourth-order valence-electron chi connectivity index (χ4n) is 3.18. The number of amides is 1. The average molecular weight is 346 g/mol. The van der Waals surface area contributed by atoms with Crippen molar-refractivity contribution in [2.75, 3.05) is 6.54 Å². The second kappa shape index (κ2) is 7.42. The zero-order valence-corrected chi connectivity index (χ0v) is 13.6. The number of piperidine rings is 1. The molecule has 1 aliphatic rings. The smallest absolute Gasteiger partial charge is 0.303 e. The van der Waals surface area contributed by atoms with E-state index in [-0.39, 0.29) is 29.6 Å². The predicted octanol–water partition coefficient (Wildman–Crippen LogP) is 2.27. The molecule has 7 nitrogen and oxygen atoms in total. The van der Waals surface area contributed by atoms with Crippen LogP contribution in [0, 0.1) is 5.82 Å². The van der Waals surface area contributed by atoms with Crippen LogP contribution in [0.1, 0.15) is 42.5 Å². The molecule has 0 saturated carbocycles. The number of likely N-dealkylation sites (tertiary alicyclic amines) is 1. The number of carbonyl (C=O) groups is 2. The molecule has 2 heterocycles. The predicted molar refractivity (Wildman–Crippen MR) is 86.9 cm³/mol. The van der Waals surface area contributed by atoms with E-state index in [0.717, 1.165) is 19.3 Å². The Balaban J connectivity index is 1.79. The average Bonchev–Trinajstić information content (AvgIpc) is 3.13. The van der Waals surface area contributed by atoms with Crippen LogP contribution < -0.4 is 0 Å². The normalized spacial score (nSPS) is 17.5. The fourth-order valence-corrected chi connectivity index (χ4v) is 3.18. The van der Waals surface area contributed by atoms with Crippen molar-refractivity contribution >= 4 is 11.9 Å². The molecule has 1 atom stereocenters. The van der Waals surface area contributed by atoms with Crippen LogP contribution >= 0.6 is 0 Å². The molecule has 132 valence electrons. The maximum absolute atomic E-state index is 14.4. The van der Waals surface area contributed by atoms with Crippen LogP contribution in [0.4, 0.5) is 4.39 Å². The molecule has 1 N–H and O–H groups in total. The lowest BCUT2D eigenvalue weighted by atomic mass is 9.97. The minimum atomic E-state index is -0.874. The van der Waals surface area contributed by atoms with E-state index in [0.29, 0.717) is 13.0 Å². The summed E-state index contributed by atoms with van der Waals surface area (Å²) in [5, 5.41) is 12.8. The summed E-state index contributed by atoms with van der Waals surface area (Å²) in [6.45, 7) is 0.565. The Bertz CT molecular complexity index is 763. The van der Waals surface area contributed by atoms with Gasteiger partial charge in [-0.05, 0) is 43.9 Å². The van der Waals surface area contributed by atoms with Crippen LogP contribution in [0.5, 0.6) is 0 Å². The van der Waals surface area contributed by atoms with Gasteiger partial charge in [0.1, 0.15) is 24.2 Å². The monoisotopic (exact) mass is 346 g/mol. The van der Waals surface area contributed by atoms with Gasteiger partial charge in [-0.15, -0.1) is 0 Å². The molecule has 1 amide bonds. The third-order valence-electron chi connectivity index (χ3n) is 4.44. The topological polar surface area (TPSA) is 88.3 Å². The molecule has 1 aromatic heterocycles. The summed E-state index contributed by atoms with van der Waals surface area (Å²) in [5.74, 6) is -1.70. The molecule has 8 heteroatoms. The number of hydrogen-bond acceptors (Lipinski definition) is 4. The molecular weight excluding hydrogens is 327 g/mol. The van der Waals surface area contributed by atoms with E-state index in [1.165, 1.54) is 29.5 Å². The van der Waals surface area contributed by atoms with Gasteiger partial charge in [0.2, 0.25) is 0 Å². The van der Waals surface area contributed by atoms with Crippen molar-refractivity contribution < 1.29 is 19.1 Å². The quantitative estimate of drug-likeness (QED) is 0.897. The Hall–Kier alpha value is -2.77. The lowest BCUT2D eigenvalue weighted by molar-refractivity contribution is -0.137. The SMILES string of the molecule is O=C(O)CC[C@H]1CCCCN1C(=O)c1ccc(-n2cncn2)c(F)c1. The van der Waals surface area contributed by atoms with Crippen molar-refractivity contribution in [1.82, 2.24) is 19.7 Å². The third-order valence-corrected chi connectivity index (χ3v) is 4.44.